The van der Waals surface area contributed by atoms with Gasteiger partial charge in [0.05, 0.1) is 0 Å². The van der Waals surface area contributed by atoms with Gasteiger partial charge in [0, 0.05) is 5.75 Å². The molecule has 0 bridgehead atoms. The number of fused-ring (bicyclic) bond motifs is 1. The first kappa shape index (κ1) is 9.08. The molecule has 0 unspecified atom stereocenters. The van der Waals surface area contributed by atoms with E-state index in [9.17, 15) is 4.79 Å². The molecule has 2 aromatic heterocycles. The first-order chi connectivity index (χ1) is 5.83. The molecular formula is C6H5OS5+. The fraction of sp³-hybridized carbons (Fsp3) is 0.333. The molecule has 0 saturated heterocycles. The maximum Gasteiger partial charge on any atom is 0.309 e. The van der Waals surface area contributed by atoms with Crippen molar-refractivity contribution in [1.82, 2.24) is 0 Å². The van der Waals surface area contributed by atoms with Crippen LogP contribution in [0.1, 0.15) is 6.92 Å². The maximum atomic E-state index is 11.2. The zero-order chi connectivity index (χ0) is 8.55. The van der Waals surface area contributed by atoms with E-state index < -0.39 is 0 Å². The summed E-state index contributed by atoms with van der Waals surface area (Å²) in [6.07, 6.45) is 0. The molecule has 0 radical (unpaired) electrons. The van der Waals surface area contributed by atoms with Crippen LogP contribution in [0.3, 0.4) is 0 Å². The average molecular weight is 253 g/mol. The molecule has 0 aliphatic carbocycles. The number of thioether (sulfide) groups is 1. The Labute approximate surface area is 88.5 Å². The van der Waals surface area contributed by atoms with E-state index in [2.05, 4.69) is 6.92 Å². The highest BCUT2D eigenvalue weighted by Crippen LogP contribution is 2.40. The number of hydrogen-bond acceptors (Lipinski definition) is 5. The molecule has 0 spiro atoms. The molecule has 0 aromatic carbocycles. The van der Waals surface area contributed by atoms with Crippen molar-refractivity contribution in [1.29, 1.82) is 0 Å². The highest BCUT2D eigenvalue weighted by molar-refractivity contribution is 8.03. The summed E-state index contributed by atoms with van der Waals surface area (Å²) in [7, 11) is 6.32. The highest BCUT2D eigenvalue weighted by atomic mass is 32.9. The zero-order valence-corrected chi connectivity index (χ0v) is 10.2. The lowest BCUT2D eigenvalue weighted by atomic mass is 10.6. The van der Waals surface area contributed by atoms with Crippen molar-refractivity contribution >= 4 is 62.5 Å². The quantitative estimate of drug-likeness (QED) is 0.459. The van der Waals surface area contributed by atoms with Crippen LogP contribution >= 0.6 is 53.1 Å². The summed E-state index contributed by atoms with van der Waals surface area (Å²) in [5, 5.41) is 0. The van der Waals surface area contributed by atoms with Crippen LogP contribution < -0.4 is 4.74 Å². The van der Waals surface area contributed by atoms with Gasteiger partial charge in [-0.25, -0.2) is 0 Å². The van der Waals surface area contributed by atoms with Crippen LogP contribution in [0.2, 0.25) is 0 Å². The molecule has 0 fully saturated rings. The first-order valence-electron chi connectivity index (χ1n) is 3.30. The van der Waals surface area contributed by atoms with Crippen LogP contribution in [0.4, 0.5) is 0 Å². The standard InChI is InChI=1S/C6H5OS5/c1-2-8-6-4-3(9-12-6)5(7)11-10-4/h2H2,1H3/q+1. The summed E-state index contributed by atoms with van der Waals surface area (Å²) < 4.78 is 3.73. The van der Waals surface area contributed by atoms with Gasteiger partial charge in [0.15, 0.2) is 15.0 Å². The molecule has 2 aromatic rings. The normalized spacial score (nSPS) is 11.1. The summed E-state index contributed by atoms with van der Waals surface area (Å²) in [6.45, 7) is 2.13. The van der Waals surface area contributed by atoms with Crippen LogP contribution in [0.15, 0.2) is 9.00 Å². The molecule has 0 amide bonds. The van der Waals surface area contributed by atoms with Crippen molar-refractivity contribution in [3.05, 3.63) is 9.54 Å². The Hall–Kier alpha value is 0.510. The van der Waals surface area contributed by atoms with E-state index >= 15 is 0 Å². The Morgan fingerprint density at radius 3 is 3.00 bits per heavy atom. The minimum atomic E-state index is 0.235. The highest BCUT2D eigenvalue weighted by Gasteiger charge is 2.21. The van der Waals surface area contributed by atoms with E-state index in [-0.39, 0.29) is 4.74 Å². The Morgan fingerprint density at radius 2 is 2.25 bits per heavy atom. The predicted octanol–water partition coefficient (Wildman–Crippen LogP) is 3.84. The minimum Gasteiger partial charge on any atom is -0.275 e. The molecule has 12 heavy (non-hydrogen) atoms. The summed E-state index contributed by atoms with van der Waals surface area (Å²) in [6, 6.07) is 0. The molecule has 0 saturated carbocycles. The van der Waals surface area contributed by atoms with E-state index in [4.69, 9.17) is 0 Å². The SMILES string of the molecule is CCSc1[s+]sc2c(=O)ssc12. The first-order valence-corrected chi connectivity index (χ1v) is 8.59. The molecule has 0 aliphatic heterocycles. The fourth-order valence-electron chi connectivity index (χ4n) is 0.785. The molecule has 6 heteroatoms. The van der Waals surface area contributed by atoms with Crippen molar-refractivity contribution in [2.75, 3.05) is 5.75 Å². The second-order valence-electron chi connectivity index (χ2n) is 2.00. The van der Waals surface area contributed by atoms with Crippen LogP contribution in [0, 0.1) is 0 Å². The molecule has 0 aliphatic rings. The topological polar surface area (TPSA) is 17.1 Å². The molecule has 0 atom stereocenters. The monoisotopic (exact) mass is 253 g/mol. The maximum absolute atomic E-state index is 11.2. The summed E-state index contributed by atoms with van der Waals surface area (Å²) in [4.78, 5) is 11.2. The second-order valence-corrected chi connectivity index (χ2v) is 7.79. The van der Waals surface area contributed by atoms with Crippen molar-refractivity contribution in [3.8, 4) is 0 Å². The second kappa shape index (κ2) is 3.71. The van der Waals surface area contributed by atoms with Gasteiger partial charge >= 0.3 is 10.3 Å². The van der Waals surface area contributed by atoms with Crippen molar-refractivity contribution in [3.63, 3.8) is 0 Å². The fourth-order valence-corrected chi connectivity index (χ4v) is 8.51. The van der Waals surface area contributed by atoms with E-state index in [1.807, 2.05) is 11.8 Å². The summed E-state index contributed by atoms with van der Waals surface area (Å²) >= 11 is 1.83. The third-order valence-corrected chi connectivity index (χ3v) is 7.91. The minimum absolute atomic E-state index is 0.235. The smallest absolute Gasteiger partial charge is 0.275 e. The van der Waals surface area contributed by atoms with Crippen LogP contribution in [-0.4, -0.2) is 5.75 Å². The third-order valence-electron chi connectivity index (χ3n) is 1.25. The number of hydrogen-bond donors (Lipinski definition) is 0. The van der Waals surface area contributed by atoms with E-state index in [0.717, 1.165) is 10.5 Å². The van der Waals surface area contributed by atoms with Crippen molar-refractivity contribution in [2.24, 2.45) is 0 Å². The van der Waals surface area contributed by atoms with Gasteiger partial charge in [0.25, 0.3) is 8.95 Å². The van der Waals surface area contributed by atoms with Gasteiger partial charge in [-0.3, -0.25) is 4.79 Å². The van der Waals surface area contributed by atoms with Gasteiger partial charge in [-0.05, 0) is 10.3 Å². The Balaban J connectivity index is 2.63. The van der Waals surface area contributed by atoms with Gasteiger partial charge < -0.3 is 0 Å². The Morgan fingerprint density at radius 1 is 1.42 bits per heavy atom. The lowest BCUT2D eigenvalue weighted by molar-refractivity contribution is 1.52. The lowest BCUT2D eigenvalue weighted by Gasteiger charge is -1.78. The molecule has 1 nitrogen and oxygen atoms in total. The average Bonchev–Trinajstić information content (AvgIpc) is 2.58. The van der Waals surface area contributed by atoms with Crippen LogP contribution in [0.5, 0.6) is 0 Å². The van der Waals surface area contributed by atoms with Gasteiger partial charge in [0.1, 0.15) is 4.70 Å². The molecule has 2 rings (SSSR count). The van der Waals surface area contributed by atoms with Gasteiger partial charge in [-0.2, -0.15) is 0 Å². The van der Waals surface area contributed by atoms with Crippen molar-refractivity contribution < 1.29 is 0 Å². The van der Waals surface area contributed by atoms with Crippen LogP contribution in [-0.2, 0) is 0 Å². The molecule has 0 N–H and O–H groups in total. The Kier molecular flexibility index (Phi) is 2.81. The van der Waals surface area contributed by atoms with Gasteiger partial charge in [-0.1, -0.05) is 29.0 Å². The Bertz CT molecular complexity index is 436. The lowest BCUT2D eigenvalue weighted by Crippen LogP contribution is -1.81. The molecular weight excluding hydrogens is 248 g/mol. The molecule has 64 valence electrons. The summed E-state index contributed by atoms with van der Waals surface area (Å²) in [5.41, 5.74) is 0. The number of rotatable bonds is 2. The van der Waals surface area contributed by atoms with Crippen LogP contribution in [0.25, 0.3) is 9.40 Å². The summed E-state index contributed by atoms with van der Waals surface area (Å²) in [5.74, 6) is 1.08. The van der Waals surface area contributed by atoms with E-state index in [1.54, 1.807) is 31.0 Å². The van der Waals surface area contributed by atoms with E-state index in [0.29, 0.717) is 0 Å². The largest absolute Gasteiger partial charge is 0.309 e. The molecule has 2 heterocycles. The van der Waals surface area contributed by atoms with E-state index in [1.165, 1.54) is 19.2 Å². The third kappa shape index (κ3) is 1.46. The zero-order valence-electron chi connectivity index (χ0n) is 6.16. The van der Waals surface area contributed by atoms with Crippen molar-refractivity contribution in [2.45, 2.75) is 11.1 Å². The predicted molar refractivity (Wildman–Crippen MR) is 62.5 cm³/mol. The van der Waals surface area contributed by atoms with Gasteiger partial charge in [0.2, 0.25) is 0 Å². The van der Waals surface area contributed by atoms with Gasteiger partial charge in [-0.15, -0.1) is 0 Å².